The van der Waals surface area contributed by atoms with Crippen LogP contribution in [0.1, 0.15) is 19.8 Å². The van der Waals surface area contributed by atoms with Gasteiger partial charge in [-0.1, -0.05) is 13.3 Å². The Labute approximate surface area is 72.2 Å². The summed E-state index contributed by atoms with van der Waals surface area (Å²) >= 11 is 0. The fourth-order valence-electron chi connectivity index (χ4n) is 1.09. The van der Waals surface area contributed by atoms with Crippen LogP contribution >= 0.6 is 0 Å². The van der Waals surface area contributed by atoms with Crippen molar-refractivity contribution >= 4 is 0 Å². The SMILES string of the molecule is CCCC(O)CN(C)CC(F)F. The van der Waals surface area contributed by atoms with Gasteiger partial charge >= 0.3 is 0 Å². The molecule has 0 heterocycles. The van der Waals surface area contributed by atoms with Crippen LogP contribution in [0.3, 0.4) is 0 Å². The second kappa shape index (κ2) is 6.31. The second-order valence-electron chi connectivity index (χ2n) is 3.05. The van der Waals surface area contributed by atoms with Gasteiger partial charge in [-0.2, -0.15) is 0 Å². The summed E-state index contributed by atoms with van der Waals surface area (Å²) in [5.74, 6) is 0. The Kier molecular flexibility index (Phi) is 6.20. The van der Waals surface area contributed by atoms with E-state index in [-0.39, 0.29) is 6.54 Å². The Balaban J connectivity index is 3.46. The van der Waals surface area contributed by atoms with E-state index in [2.05, 4.69) is 0 Å². The van der Waals surface area contributed by atoms with Gasteiger partial charge < -0.3 is 5.11 Å². The number of aliphatic hydroxyl groups is 1. The van der Waals surface area contributed by atoms with E-state index in [1.807, 2.05) is 6.92 Å². The molecule has 74 valence electrons. The van der Waals surface area contributed by atoms with Gasteiger partial charge in [-0.25, -0.2) is 8.78 Å². The number of aliphatic hydroxyl groups excluding tert-OH is 1. The molecule has 0 aliphatic carbocycles. The molecule has 0 aliphatic heterocycles. The molecule has 0 saturated carbocycles. The molecule has 0 amide bonds. The fraction of sp³-hybridized carbons (Fsp3) is 1.00. The van der Waals surface area contributed by atoms with Crippen LogP contribution in [0.4, 0.5) is 8.78 Å². The first kappa shape index (κ1) is 11.8. The van der Waals surface area contributed by atoms with E-state index in [0.29, 0.717) is 13.0 Å². The van der Waals surface area contributed by atoms with Crippen LogP contribution in [0.15, 0.2) is 0 Å². The molecule has 0 aromatic rings. The molecule has 4 heteroatoms. The van der Waals surface area contributed by atoms with E-state index in [1.165, 1.54) is 4.90 Å². The molecule has 0 bridgehead atoms. The number of rotatable bonds is 6. The van der Waals surface area contributed by atoms with Crippen LogP contribution in [-0.2, 0) is 0 Å². The largest absolute Gasteiger partial charge is 0.392 e. The van der Waals surface area contributed by atoms with Crippen molar-refractivity contribution in [2.45, 2.75) is 32.3 Å². The first-order valence-corrected chi connectivity index (χ1v) is 4.21. The number of nitrogens with zero attached hydrogens (tertiary/aromatic N) is 1. The van der Waals surface area contributed by atoms with E-state index in [9.17, 15) is 13.9 Å². The topological polar surface area (TPSA) is 23.5 Å². The van der Waals surface area contributed by atoms with E-state index in [0.717, 1.165) is 6.42 Å². The molecular weight excluding hydrogens is 164 g/mol. The molecule has 0 spiro atoms. The average Bonchev–Trinajstić information content (AvgIpc) is 1.84. The zero-order valence-electron chi connectivity index (χ0n) is 7.63. The number of alkyl halides is 2. The van der Waals surface area contributed by atoms with Crippen molar-refractivity contribution in [1.29, 1.82) is 0 Å². The minimum atomic E-state index is -2.32. The predicted octanol–water partition coefficient (Wildman–Crippen LogP) is 1.34. The Morgan fingerprint density at radius 3 is 2.33 bits per heavy atom. The number of hydrogen-bond donors (Lipinski definition) is 1. The van der Waals surface area contributed by atoms with Crippen LogP contribution in [0.25, 0.3) is 0 Å². The third-order valence-electron chi connectivity index (χ3n) is 1.59. The van der Waals surface area contributed by atoms with Gasteiger partial charge in [0.05, 0.1) is 12.6 Å². The molecule has 0 rings (SSSR count). The smallest absolute Gasteiger partial charge is 0.251 e. The van der Waals surface area contributed by atoms with E-state index < -0.39 is 12.5 Å². The van der Waals surface area contributed by atoms with Crippen molar-refractivity contribution in [2.75, 3.05) is 20.1 Å². The number of hydrogen-bond acceptors (Lipinski definition) is 2. The molecule has 1 atom stereocenters. The molecule has 2 nitrogen and oxygen atoms in total. The summed E-state index contributed by atoms with van der Waals surface area (Å²) in [6, 6.07) is 0. The summed E-state index contributed by atoms with van der Waals surface area (Å²) in [7, 11) is 1.59. The highest BCUT2D eigenvalue weighted by molar-refractivity contribution is 4.61. The van der Waals surface area contributed by atoms with Crippen molar-refractivity contribution in [3.63, 3.8) is 0 Å². The minimum absolute atomic E-state index is 0.263. The third kappa shape index (κ3) is 6.49. The average molecular weight is 181 g/mol. The first-order chi connectivity index (χ1) is 5.56. The van der Waals surface area contributed by atoms with E-state index >= 15 is 0 Å². The number of halogens is 2. The molecular formula is C8H17F2NO. The molecule has 12 heavy (non-hydrogen) atoms. The van der Waals surface area contributed by atoms with Crippen LogP contribution in [0, 0.1) is 0 Å². The maximum Gasteiger partial charge on any atom is 0.251 e. The Hall–Kier alpha value is -0.220. The van der Waals surface area contributed by atoms with Gasteiger partial charge in [0.25, 0.3) is 6.43 Å². The Morgan fingerprint density at radius 2 is 1.92 bits per heavy atom. The van der Waals surface area contributed by atoms with E-state index in [1.54, 1.807) is 7.05 Å². The lowest BCUT2D eigenvalue weighted by Gasteiger charge is -2.19. The van der Waals surface area contributed by atoms with Crippen molar-refractivity contribution in [3.8, 4) is 0 Å². The second-order valence-corrected chi connectivity index (χ2v) is 3.05. The van der Waals surface area contributed by atoms with Crippen molar-refractivity contribution < 1.29 is 13.9 Å². The summed E-state index contributed by atoms with van der Waals surface area (Å²) in [5.41, 5.74) is 0. The van der Waals surface area contributed by atoms with Crippen LogP contribution in [0.5, 0.6) is 0 Å². The monoisotopic (exact) mass is 181 g/mol. The minimum Gasteiger partial charge on any atom is -0.392 e. The van der Waals surface area contributed by atoms with Crippen molar-refractivity contribution in [3.05, 3.63) is 0 Å². The van der Waals surface area contributed by atoms with Crippen molar-refractivity contribution in [2.24, 2.45) is 0 Å². The highest BCUT2D eigenvalue weighted by atomic mass is 19.3. The number of likely N-dealkylation sites (N-methyl/N-ethyl adjacent to an activating group) is 1. The summed E-state index contributed by atoms with van der Waals surface area (Å²) in [5, 5.41) is 9.25. The fourth-order valence-corrected chi connectivity index (χ4v) is 1.09. The predicted molar refractivity (Wildman–Crippen MR) is 44.4 cm³/mol. The maximum absolute atomic E-state index is 11.8. The summed E-state index contributed by atoms with van der Waals surface area (Å²) in [6.45, 7) is 2.02. The first-order valence-electron chi connectivity index (χ1n) is 4.21. The molecule has 0 aliphatic rings. The molecule has 1 N–H and O–H groups in total. The van der Waals surface area contributed by atoms with Crippen LogP contribution in [-0.4, -0.2) is 42.7 Å². The lowest BCUT2D eigenvalue weighted by atomic mass is 10.2. The van der Waals surface area contributed by atoms with Gasteiger partial charge in [0.15, 0.2) is 0 Å². The highest BCUT2D eigenvalue weighted by Gasteiger charge is 2.11. The third-order valence-corrected chi connectivity index (χ3v) is 1.59. The quantitative estimate of drug-likeness (QED) is 0.668. The lowest BCUT2D eigenvalue weighted by Crippen LogP contribution is -2.32. The van der Waals surface area contributed by atoms with Gasteiger partial charge in [-0.3, -0.25) is 4.90 Å². The maximum atomic E-state index is 11.8. The molecule has 0 fully saturated rings. The molecule has 0 radical (unpaired) electrons. The van der Waals surface area contributed by atoms with Gasteiger partial charge in [0.2, 0.25) is 0 Å². The van der Waals surface area contributed by atoms with Crippen molar-refractivity contribution in [1.82, 2.24) is 4.90 Å². The summed E-state index contributed by atoms with van der Waals surface area (Å²) < 4.78 is 23.6. The van der Waals surface area contributed by atoms with Crippen LogP contribution in [0.2, 0.25) is 0 Å². The molecule has 1 unspecified atom stereocenters. The zero-order chi connectivity index (χ0) is 9.56. The van der Waals surface area contributed by atoms with E-state index in [4.69, 9.17) is 0 Å². The Morgan fingerprint density at radius 1 is 1.33 bits per heavy atom. The normalized spacial score (nSPS) is 14.2. The lowest BCUT2D eigenvalue weighted by molar-refractivity contribution is 0.0652. The van der Waals surface area contributed by atoms with Gasteiger partial charge in [0.1, 0.15) is 0 Å². The zero-order valence-corrected chi connectivity index (χ0v) is 7.63. The molecule has 0 aromatic heterocycles. The van der Waals surface area contributed by atoms with Gasteiger partial charge in [-0.05, 0) is 13.5 Å². The standard InChI is InChI=1S/C8H17F2NO/c1-3-4-7(12)5-11(2)6-8(9)10/h7-8,12H,3-6H2,1-2H3. The highest BCUT2D eigenvalue weighted by Crippen LogP contribution is 2.01. The van der Waals surface area contributed by atoms with Gasteiger partial charge in [0, 0.05) is 6.54 Å². The van der Waals surface area contributed by atoms with Crippen LogP contribution < -0.4 is 0 Å². The molecule has 0 saturated heterocycles. The van der Waals surface area contributed by atoms with Gasteiger partial charge in [-0.15, -0.1) is 0 Å². The summed E-state index contributed by atoms with van der Waals surface area (Å²) in [4.78, 5) is 1.45. The summed E-state index contributed by atoms with van der Waals surface area (Å²) in [6.07, 6.45) is -1.24. The Bertz CT molecular complexity index is 111. The molecule has 0 aromatic carbocycles.